The minimum Gasteiger partial charge on any atom is -0.482 e. The normalized spacial score (nSPS) is 10.0. The number of aryl methyl sites for hydroxylation is 1. The Morgan fingerprint density at radius 3 is 2.52 bits per heavy atom. The van der Waals surface area contributed by atoms with E-state index >= 15 is 0 Å². The Balaban J connectivity index is 1.74. The van der Waals surface area contributed by atoms with E-state index in [0.717, 1.165) is 5.56 Å². The molecule has 0 aliphatic heterocycles. The molecule has 1 amide bonds. The Morgan fingerprint density at radius 2 is 1.83 bits per heavy atom. The summed E-state index contributed by atoms with van der Waals surface area (Å²) in [6, 6.07) is 14.1. The van der Waals surface area contributed by atoms with Crippen LogP contribution in [0.4, 0.5) is 5.69 Å². The number of para-hydroxylation sites is 1. The van der Waals surface area contributed by atoms with E-state index in [1.807, 2.05) is 19.1 Å². The van der Waals surface area contributed by atoms with Gasteiger partial charge in [0.25, 0.3) is 5.91 Å². The van der Waals surface area contributed by atoms with E-state index in [0.29, 0.717) is 16.5 Å². The Labute approximate surface area is 139 Å². The third-order valence-electron chi connectivity index (χ3n) is 2.86. The maximum absolute atomic E-state index is 11.7. The molecule has 120 valence electrons. The molecule has 0 saturated carbocycles. The number of benzene rings is 2. The molecule has 0 fully saturated rings. The fourth-order valence-electron chi connectivity index (χ4n) is 1.75. The summed E-state index contributed by atoms with van der Waals surface area (Å²) in [4.78, 5) is 23.3. The molecule has 0 bridgehead atoms. The molecule has 2 aromatic carbocycles. The quantitative estimate of drug-likeness (QED) is 0.824. The van der Waals surface area contributed by atoms with Crippen molar-refractivity contribution in [2.75, 3.05) is 18.5 Å². The van der Waals surface area contributed by atoms with Crippen molar-refractivity contribution in [2.24, 2.45) is 0 Å². The average molecular weight is 334 g/mol. The number of anilines is 1. The first kappa shape index (κ1) is 16.8. The predicted octanol–water partition coefficient (Wildman–Crippen LogP) is 3.21. The van der Waals surface area contributed by atoms with Crippen molar-refractivity contribution in [3.05, 3.63) is 59.1 Å². The van der Waals surface area contributed by atoms with Crippen LogP contribution in [0.3, 0.4) is 0 Å². The number of amides is 1. The largest absolute Gasteiger partial charge is 0.482 e. The van der Waals surface area contributed by atoms with E-state index < -0.39 is 18.5 Å². The lowest BCUT2D eigenvalue weighted by molar-refractivity contribution is -0.149. The van der Waals surface area contributed by atoms with Gasteiger partial charge in [0, 0.05) is 0 Å². The Morgan fingerprint density at radius 1 is 1.09 bits per heavy atom. The molecule has 5 nitrogen and oxygen atoms in total. The van der Waals surface area contributed by atoms with Gasteiger partial charge < -0.3 is 14.8 Å². The van der Waals surface area contributed by atoms with Crippen LogP contribution < -0.4 is 10.1 Å². The molecule has 0 aliphatic rings. The van der Waals surface area contributed by atoms with Gasteiger partial charge in [-0.15, -0.1) is 0 Å². The second-order valence-electron chi connectivity index (χ2n) is 4.79. The van der Waals surface area contributed by atoms with Crippen LogP contribution >= 0.6 is 11.6 Å². The minimum atomic E-state index is -0.626. The lowest BCUT2D eigenvalue weighted by Crippen LogP contribution is -2.23. The number of ether oxygens (including phenoxy) is 2. The van der Waals surface area contributed by atoms with E-state index in [9.17, 15) is 9.59 Å². The first-order valence-electron chi connectivity index (χ1n) is 6.94. The number of esters is 1. The van der Waals surface area contributed by atoms with E-state index in [-0.39, 0.29) is 6.61 Å². The molecule has 6 heteroatoms. The molecule has 2 rings (SSSR count). The summed E-state index contributed by atoms with van der Waals surface area (Å²) in [6.07, 6.45) is 0. The zero-order valence-electron chi connectivity index (χ0n) is 12.5. The number of hydrogen-bond donors (Lipinski definition) is 1. The molecule has 23 heavy (non-hydrogen) atoms. The van der Waals surface area contributed by atoms with Gasteiger partial charge in [0.1, 0.15) is 5.75 Å². The summed E-state index contributed by atoms with van der Waals surface area (Å²) in [5.74, 6) is -0.539. The second-order valence-corrected chi connectivity index (χ2v) is 5.20. The fourth-order valence-corrected chi connectivity index (χ4v) is 2.04. The highest BCUT2D eigenvalue weighted by Crippen LogP contribution is 2.22. The molecule has 0 atom stereocenters. The highest BCUT2D eigenvalue weighted by atomic mass is 35.5. The van der Waals surface area contributed by atoms with E-state index in [1.165, 1.54) is 0 Å². The van der Waals surface area contributed by atoms with Crippen molar-refractivity contribution in [1.82, 2.24) is 0 Å². The SMILES string of the molecule is Cc1ccc(NC(=O)COC(=O)COc2ccccc2)c(Cl)c1. The Hall–Kier alpha value is -2.53. The first-order chi connectivity index (χ1) is 11.0. The van der Waals surface area contributed by atoms with Crippen molar-refractivity contribution >= 4 is 29.2 Å². The summed E-state index contributed by atoms with van der Waals surface area (Å²) in [5.41, 5.74) is 1.45. The lowest BCUT2D eigenvalue weighted by atomic mass is 10.2. The lowest BCUT2D eigenvalue weighted by Gasteiger charge is -2.09. The summed E-state index contributed by atoms with van der Waals surface area (Å²) in [6.45, 7) is 1.23. The van der Waals surface area contributed by atoms with Crippen LogP contribution in [-0.4, -0.2) is 25.1 Å². The maximum Gasteiger partial charge on any atom is 0.344 e. The fraction of sp³-hybridized carbons (Fsp3) is 0.176. The van der Waals surface area contributed by atoms with Gasteiger partial charge >= 0.3 is 5.97 Å². The van der Waals surface area contributed by atoms with Crippen LogP contribution in [0.25, 0.3) is 0 Å². The summed E-state index contributed by atoms with van der Waals surface area (Å²) >= 11 is 6.01. The number of rotatable bonds is 6. The number of hydrogen-bond acceptors (Lipinski definition) is 4. The number of halogens is 1. The summed E-state index contributed by atoms with van der Waals surface area (Å²) < 4.78 is 10.1. The van der Waals surface area contributed by atoms with E-state index in [2.05, 4.69) is 5.32 Å². The van der Waals surface area contributed by atoms with Crippen molar-refractivity contribution in [2.45, 2.75) is 6.92 Å². The molecule has 0 heterocycles. The Kier molecular flexibility index (Phi) is 6.00. The maximum atomic E-state index is 11.7. The molecule has 0 unspecified atom stereocenters. The van der Waals surface area contributed by atoms with Crippen LogP contribution in [-0.2, 0) is 14.3 Å². The molecular weight excluding hydrogens is 318 g/mol. The summed E-state index contributed by atoms with van der Waals surface area (Å²) in [5, 5.41) is 3.01. The monoisotopic (exact) mass is 333 g/mol. The zero-order chi connectivity index (χ0) is 16.7. The number of carbonyl (C=O) groups is 2. The molecular formula is C17H16ClNO4. The third-order valence-corrected chi connectivity index (χ3v) is 3.18. The molecule has 2 aromatic rings. The van der Waals surface area contributed by atoms with Gasteiger partial charge in [-0.05, 0) is 36.8 Å². The van der Waals surface area contributed by atoms with Gasteiger partial charge in [0.2, 0.25) is 0 Å². The van der Waals surface area contributed by atoms with Crippen molar-refractivity contribution in [3.8, 4) is 5.75 Å². The third kappa shape index (κ3) is 5.64. The van der Waals surface area contributed by atoms with Gasteiger partial charge in [0.05, 0.1) is 10.7 Å². The topological polar surface area (TPSA) is 64.6 Å². The first-order valence-corrected chi connectivity index (χ1v) is 7.32. The predicted molar refractivity (Wildman–Crippen MR) is 87.7 cm³/mol. The molecule has 0 saturated heterocycles. The van der Waals surface area contributed by atoms with Crippen LogP contribution in [0.1, 0.15) is 5.56 Å². The highest BCUT2D eigenvalue weighted by molar-refractivity contribution is 6.33. The number of carbonyl (C=O) groups excluding carboxylic acids is 2. The molecule has 0 spiro atoms. The number of nitrogens with one attached hydrogen (secondary N) is 1. The van der Waals surface area contributed by atoms with Gasteiger partial charge in [-0.1, -0.05) is 35.9 Å². The minimum absolute atomic E-state index is 0.261. The van der Waals surface area contributed by atoms with Crippen LogP contribution in [0, 0.1) is 6.92 Å². The van der Waals surface area contributed by atoms with Gasteiger partial charge in [-0.25, -0.2) is 4.79 Å². The molecule has 1 N–H and O–H groups in total. The van der Waals surface area contributed by atoms with E-state index in [1.54, 1.807) is 36.4 Å². The van der Waals surface area contributed by atoms with Crippen molar-refractivity contribution < 1.29 is 19.1 Å². The second kappa shape index (κ2) is 8.19. The molecule has 0 radical (unpaired) electrons. The van der Waals surface area contributed by atoms with E-state index in [4.69, 9.17) is 21.1 Å². The van der Waals surface area contributed by atoms with Crippen LogP contribution in [0.5, 0.6) is 5.75 Å². The highest BCUT2D eigenvalue weighted by Gasteiger charge is 2.10. The molecule has 0 aromatic heterocycles. The smallest absolute Gasteiger partial charge is 0.344 e. The molecule has 0 aliphatic carbocycles. The standard InChI is InChI=1S/C17H16ClNO4/c1-12-7-8-15(14(18)9-12)19-16(20)10-23-17(21)11-22-13-5-3-2-4-6-13/h2-9H,10-11H2,1H3,(H,19,20). The van der Waals surface area contributed by atoms with Gasteiger partial charge in [0.15, 0.2) is 13.2 Å². The van der Waals surface area contributed by atoms with Gasteiger partial charge in [-0.3, -0.25) is 4.79 Å². The Bertz CT molecular complexity index is 688. The van der Waals surface area contributed by atoms with Crippen LogP contribution in [0.2, 0.25) is 5.02 Å². The average Bonchev–Trinajstić information content (AvgIpc) is 2.54. The zero-order valence-corrected chi connectivity index (χ0v) is 13.3. The van der Waals surface area contributed by atoms with Crippen LogP contribution in [0.15, 0.2) is 48.5 Å². The van der Waals surface area contributed by atoms with Crippen molar-refractivity contribution in [3.63, 3.8) is 0 Å². The summed E-state index contributed by atoms with van der Waals surface area (Å²) in [7, 11) is 0. The van der Waals surface area contributed by atoms with Gasteiger partial charge in [-0.2, -0.15) is 0 Å². The van der Waals surface area contributed by atoms with Crippen molar-refractivity contribution in [1.29, 1.82) is 0 Å².